The molecule has 1 heterocycles. The van der Waals surface area contributed by atoms with Crippen molar-refractivity contribution >= 4 is 17.4 Å². The summed E-state index contributed by atoms with van der Waals surface area (Å²) < 4.78 is 1.47. The van der Waals surface area contributed by atoms with Gasteiger partial charge in [-0.05, 0) is 36.4 Å². The fourth-order valence-electron chi connectivity index (χ4n) is 1.26. The lowest BCUT2D eigenvalue weighted by atomic mass is 10.2. The molecular weight excluding hydrogens is 224 g/mol. The second-order valence-electron chi connectivity index (χ2n) is 3.44. The molecule has 1 aromatic heterocycles. The molecule has 84 valence electrons. The van der Waals surface area contributed by atoms with Crippen LogP contribution in [-0.4, -0.2) is 14.8 Å². The number of aromatic nitrogens is 3. The van der Waals surface area contributed by atoms with Gasteiger partial charge in [0, 0.05) is 17.6 Å². The average Bonchev–Trinajstić information content (AvgIpc) is 2.57. The average molecular weight is 236 g/mol. The molecule has 0 amide bonds. The van der Waals surface area contributed by atoms with Crippen LogP contribution in [0.4, 0.5) is 5.69 Å². The molecular formula is C10H12N4OS. The number of nitrogens with one attached hydrogen (secondary N) is 1. The number of hydrogen-bond donors (Lipinski definition) is 2. The van der Waals surface area contributed by atoms with Gasteiger partial charge < -0.3 is 5.73 Å². The third kappa shape index (κ3) is 1.83. The summed E-state index contributed by atoms with van der Waals surface area (Å²) in [5, 5.41) is 6.95. The highest BCUT2D eigenvalue weighted by molar-refractivity contribution is 7.99. The number of hydrogen-bond acceptors (Lipinski definition) is 4. The monoisotopic (exact) mass is 236 g/mol. The molecule has 0 radical (unpaired) electrons. The molecule has 2 aromatic rings. The van der Waals surface area contributed by atoms with Gasteiger partial charge in [-0.3, -0.25) is 4.57 Å². The maximum Gasteiger partial charge on any atom is 0.343 e. The van der Waals surface area contributed by atoms with Crippen molar-refractivity contribution in [3.05, 3.63) is 34.2 Å². The van der Waals surface area contributed by atoms with E-state index in [9.17, 15) is 4.79 Å². The third-order valence-electron chi connectivity index (χ3n) is 2.37. The Morgan fingerprint density at radius 2 is 2.25 bits per heavy atom. The van der Waals surface area contributed by atoms with E-state index in [4.69, 9.17) is 5.73 Å². The predicted octanol–water partition coefficient (Wildman–Crippen LogP) is 1.15. The van der Waals surface area contributed by atoms with E-state index in [1.807, 2.05) is 25.1 Å². The summed E-state index contributed by atoms with van der Waals surface area (Å²) in [6.07, 6.45) is 0. The van der Waals surface area contributed by atoms with Crippen LogP contribution in [-0.2, 0) is 7.05 Å². The van der Waals surface area contributed by atoms with E-state index in [1.165, 1.54) is 16.3 Å². The number of nitrogens with zero attached hydrogens (tertiary/aromatic N) is 2. The van der Waals surface area contributed by atoms with Crippen LogP contribution >= 0.6 is 11.8 Å². The number of anilines is 1. The maximum atomic E-state index is 11.2. The van der Waals surface area contributed by atoms with E-state index >= 15 is 0 Å². The molecule has 2 rings (SSSR count). The number of aromatic amines is 1. The van der Waals surface area contributed by atoms with E-state index in [-0.39, 0.29) is 5.69 Å². The summed E-state index contributed by atoms with van der Waals surface area (Å²) >= 11 is 1.42. The minimum Gasteiger partial charge on any atom is -0.398 e. The van der Waals surface area contributed by atoms with Crippen LogP contribution in [0.3, 0.4) is 0 Å². The molecule has 0 fully saturated rings. The molecule has 5 nitrogen and oxygen atoms in total. The Morgan fingerprint density at radius 1 is 1.50 bits per heavy atom. The van der Waals surface area contributed by atoms with Crippen molar-refractivity contribution in [1.29, 1.82) is 0 Å². The van der Waals surface area contributed by atoms with Gasteiger partial charge in [0.25, 0.3) is 0 Å². The quantitative estimate of drug-likeness (QED) is 0.767. The second kappa shape index (κ2) is 4.05. The molecule has 0 saturated carbocycles. The first-order chi connectivity index (χ1) is 7.59. The topological polar surface area (TPSA) is 76.7 Å². The summed E-state index contributed by atoms with van der Waals surface area (Å²) in [6, 6.07) is 5.69. The van der Waals surface area contributed by atoms with Gasteiger partial charge >= 0.3 is 5.69 Å². The molecule has 0 saturated heterocycles. The van der Waals surface area contributed by atoms with Gasteiger partial charge in [0.05, 0.1) is 0 Å². The largest absolute Gasteiger partial charge is 0.398 e. The maximum absolute atomic E-state index is 11.2. The number of rotatable bonds is 2. The smallest absolute Gasteiger partial charge is 0.343 e. The highest BCUT2D eigenvalue weighted by Crippen LogP contribution is 2.30. The number of H-pyrrole nitrogens is 1. The van der Waals surface area contributed by atoms with Crippen LogP contribution < -0.4 is 11.4 Å². The lowest BCUT2D eigenvalue weighted by Crippen LogP contribution is -2.12. The van der Waals surface area contributed by atoms with Crippen LogP contribution in [0.2, 0.25) is 0 Å². The minimum absolute atomic E-state index is 0.218. The van der Waals surface area contributed by atoms with Crippen molar-refractivity contribution < 1.29 is 0 Å². The fourth-order valence-corrected chi connectivity index (χ4v) is 2.19. The molecule has 0 aliphatic carbocycles. The van der Waals surface area contributed by atoms with Crippen molar-refractivity contribution in [3.8, 4) is 0 Å². The lowest BCUT2D eigenvalue weighted by molar-refractivity contribution is 0.766. The van der Waals surface area contributed by atoms with E-state index in [0.717, 1.165) is 16.1 Å². The molecule has 1 aromatic carbocycles. The normalized spacial score (nSPS) is 10.6. The highest BCUT2D eigenvalue weighted by Gasteiger charge is 2.08. The Kier molecular flexibility index (Phi) is 2.74. The molecule has 0 bridgehead atoms. The van der Waals surface area contributed by atoms with Gasteiger partial charge in [0.2, 0.25) is 0 Å². The number of nitrogens with two attached hydrogens (primary N) is 1. The van der Waals surface area contributed by atoms with Crippen molar-refractivity contribution in [2.75, 3.05) is 5.73 Å². The van der Waals surface area contributed by atoms with E-state index in [1.54, 1.807) is 7.05 Å². The van der Waals surface area contributed by atoms with Gasteiger partial charge in [0.15, 0.2) is 5.16 Å². The minimum atomic E-state index is -0.218. The molecule has 6 heteroatoms. The molecule has 0 aliphatic heterocycles. The first-order valence-electron chi connectivity index (χ1n) is 4.74. The van der Waals surface area contributed by atoms with E-state index in [0.29, 0.717) is 5.16 Å². The van der Waals surface area contributed by atoms with Crippen LogP contribution in [0.15, 0.2) is 33.0 Å². The van der Waals surface area contributed by atoms with Crippen molar-refractivity contribution in [2.24, 2.45) is 7.05 Å². The van der Waals surface area contributed by atoms with Gasteiger partial charge in [-0.15, -0.1) is 5.10 Å². The Morgan fingerprint density at radius 3 is 2.88 bits per heavy atom. The van der Waals surface area contributed by atoms with Crippen LogP contribution in [0, 0.1) is 6.92 Å². The van der Waals surface area contributed by atoms with Crippen molar-refractivity contribution in [3.63, 3.8) is 0 Å². The Balaban J connectivity index is 2.38. The van der Waals surface area contributed by atoms with Crippen LogP contribution in [0.25, 0.3) is 0 Å². The summed E-state index contributed by atoms with van der Waals surface area (Å²) in [4.78, 5) is 12.2. The second-order valence-corrected chi connectivity index (χ2v) is 4.45. The zero-order chi connectivity index (χ0) is 11.7. The fraction of sp³-hybridized carbons (Fsp3) is 0.200. The lowest BCUT2D eigenvalue weighted by Gasteiger charge is -2.06. The van der Waals surface area contributed by atoms with E-state index in [2.05, 4.69) is 10.2 Å². The summed E-state index contributed by atoms with van der Waals surface area (Å²) in [5.74, 6) is 0. The summed E-state index contributed by atoms with van der Waals surface area (Å²) in [6.45, 7) is 1.95. The highest BCUT2D eigenvalue weighted by atomic mass is 32.2. The zero-order valence-corrected chi connectivity index (χ0v) is 9.84. The van der Waals surface area contributed by atoms with Gasteiger partial charge in [-0.25, -0.2) is 9.89 Å². The molecule has 0 aliphatic rings. The third-order valence-corrected chi connectivity index (χ3v) is 3.58. The van der Waals surface area contributed by atoms with Gasteiger partial charge in [-0.2, -0.15) is 0 Å². The summed E-state index contributed by atoms with van der Waals surface area (Å²) in [5.41, 5.74) is 7.33. The molecule has 0 spiro atoms. The Hall–Kier alpha value is -1.69. The molecule has 16 heavy (non-hydrogen) atoms. The van der Waals surface area contributed by atoms with Gasteiger partial charge in [0.1, 0.15) is 0 Å². The Bertz CT molecular complexity index is 572. The SMILES string of the molecule is Cc1c(N)cccc1Sc1n[nH]c(=O)n1C. The van der Waals surface area contributed by atoms with Crippen molar-refractivity contribution in [1.82, 2.24) is 14.8 Å². The molecule has 0 atom stereocenters. The number of nitrogen functional groups attached to an aromatic ring is 1. The predicted molar refractivity (Wildman–Crippen MR) is 63.5 cm³/mol. The Labute approximate surface area is 96.7 Å². The molecule has 0 unspecified atom stereocenters. The zero-order valence-electron chi connectivity index (χ0n) is 9.02. The first-order valence-corrected chi connectivity index (χ1v) is 5.55. The summed E-state index contributed by atoms with van der Waals surface area (Å²) in [7, 11) is 1.68. The van der Waals surface area contributed by atoms with Crippen LogP contribution in [0.1, 0.15) is 5.56 Å². The standard InChI is InChI=1S/C10H12N4OS/c1-6-7(11)4-3-5-8(6)16-10-13-12-9(15)14(10)2/h3-5H,11H2,1-2H3,(H,12,15). The van der Waals surface area contributed by atoms with E-state index < -0.39 is 0 Å². The van der Waals surface area contributed by atoms with Crippen LogP contribution in [0.5, 0.6) is 0 Å². The number of benzene rings is 1. The first kappa shape index (κ1) is 10.8. The molecule has 3 N–H and O–H groups in total. The van der Waals surface area contributed by atoms with Gasteiger partial charge in [-0.1, -0.05) is 6.07 Å². The van der Waals surface area contributed by atoms with Crippen molar-refractivity contribution in [2.45, 2.75) is 17.0 Å².